The molecule has 2 saturated heterocycles. The van der Waals surface area contributed by atoms with Gasteiger partial charge in [-0.1, -0.05) is 7.43 Å². The molecule has 2 aromatic carbocycles. The van der Waals surface area contributed by atoms with E-state index in [2.05, 4.69) is 30.6 Å². The molecule has 2 fully saturated rings. The number of imidazole rings is 2. The molecule has 0 spiro atoms. The summed E-state index contributed by atoms with van der Waals surface area (Å²) in [5.41, 5.74) is 4.13. The van der Waals surface area contributed by atoms with E-state index >= 15 is 17.6 Å². The maximum absolute atomic E-state index is 15.2. The first-order valence-corrected chi connectivity index (χ1v) is 27.1. The van der Waals surface area contributed by atoms with Gasteiger partial charge in [0.25, 0.3) is 22.9 Å². The molecule has 2 amide bonds. The number of aromatic nitrogens is 8. The molecule has 4 atom stereocenters. The van der Waals surface area contributed by atoms with Crippen LogP contribution in [0.25, 0.3) is 33.8 Å². The fourth-order valence-electron chi connectivity index (χ4n) is 10.4. The number of amides is 2. The molecule has 0 radical (unpaired) electrons. The van der Waals surface area contributed by atoms with Gasteiger partial charge in [-0.05, 0) is 90.1 Å². The molecule has 8 aromatic rings. The third-order valence-electron chi connectivity index (χ3n) is 15.5. The van der Waals surface area contributed by atoms with Crippen molar-refractivity contribution >= 4 is 46.4 Å². The van der Waals surface area contributed by atoms with Crippen LogP contribution >= 0.6 is 0 Å². The number of nitrogens with zero attached hydrogens (tertiary/aromatic N) is 10. The molecule has 10 rings (SSSR count). The van der Waals surface area contributed by atoms with Gasteiger partial charge in [0.2, 0.25) is 0 Å². The Morgan fingerprint density at radius 2 is 1.03 bits per heavy atom. The second-order valence-electron chi connectivity index (χ2n) is 20.8. The number of halogens is 4. The summed E-state index contributed by atoms with van der Waals surface area (Å²) in [7, 11) is 4.46. The molecule has 0 unspecified atom stereocenters. The second kappa shape index (κ2) is 28.4. The number of benzene rings is 2. The zero-order valence-corrected chi connectivity index (χ0v) is 49.4. The quantitative estimate of drug-likeness (QED) is 0.0802. The van der Waals surface area contributed by atoms with Crippen LogP contribution in [-0.2, 0) is 50.7 Å². The summed E-state index contributed by atoms with van der Waals surface area (Å²) in [4.78, 5) is 98.3. The van der Waals surface area contributed by atoms with Gasteiger partial charge in [-0.25, -0.2) is 47.1 Å². The zero-order chi connectivity index (χ0) is 61.3. The van der Waals surface area contributed by atoms with Crippen LogP contribution in [-0.4, -0.2) is 143 Å². The Bertz CT molecular complexity index is 4030. The monoisotopic (exact) mass is 1210 g/mol. The number of carboxylic acid groups (broad SMARTS) is 1. The van der Waals surface area contributed by atoms with Crippen molar-refractivity contribution in [3.05, 3.63) is 163 Å². The summed E-state index contributed by atoms with van der Waals surface area (Å²) in [6.07, 6.45) is 5.91. The molecule has 88 heavy (non-hydrogen) atoms. The number of aliphatic carboxylic acids is 1. The number of morpholine rings is 2. The molecule has 28 heteroatoms. The number of nitrogens with one attached hydrogen (secondary N) is 2. The number of hydrogen-bond donors (Lipinski definition) is 3. The Morgan fingerprint density at radius 1 is 0.659 bits per heavy atom. The van der Waals surface area contributed by atoms with Crippen LogP contribution in [0.5, 0.6) is 0 Å². The third kappa shape index (κ3) is 13.7. The summed E-state index contributed by atoms with van der Waals surface area (Å²) >= 11 is 0. The molecular weight excluding hydrogens is 1150 g/mol. The second-order valence-corrected chi connectivity index (χ2v) is 20.8. The van der Waals surface area contributed by atoms with E-state index in [-0.39, 0.29) is 84.9 Å². The van der Waals surface area contributed by atoms with Gasteiger partial charge in [-0.2, -0.15) is 0 Å². The predicted octanol–water partition coefficient (Wildman–Crippen LogP) is 2.83. The number of esters is 1. The number of anilines is 2. The van der Waals surface area contributed by atoms with Gasteiger partial charge >= 0.3 is 30.8 Å². The van der Waals surface area contributed by atoms with Crippen molar-refractivity contribution in [2.45, 2.75) is 86.0 Å². The van der Waals surface area contributed by atoms with Crippen LogP contribution in [0.2, 0.25) is 0 Å². The van der Waals surface area contributed by atoms with Gasteiger partial charge in [-0.3, -0.25) is 19.2 Å². The number of aryl methyl sites for hydroxylation is 2. The fraction of sp³-hybridized carbons (Fsp3) is 0.367. The van der Waals surface area contributed by atoms with Crippen LogP contribution in [0.3, 0.4) is 0 Å². The SMILES string of the molecule is C.COC(=O)[C@H](Cc1ccc(-c2nc(C)c(C)n(C)c2=O)c2nccn12)NC(=O)c1c(F)cc(N2CCOC[C@@H]2C)cc1F.Cc1nc(-c2ccc(C[C@H](NC(=O)c3c(F)cc(N4CCOC[C@@H]4C)cc3F)C(=O)O)n3ccnc23)c(=O)n(C)c1C.[Li+].[OH-]. The molecule has 0 bridgehead atoms. The summed E-state index contributed by atoms with van der Waals surface area (Å²) in [6, 6.07) is 7.84. The summed E-state index contributed by atoms with van der Waals surface area (Å²) < 4.78 is 82.4. The van der Waals surface area contributed by atoms with E-state index < -0.39 is 70.2 Å². The molecule has 0 aliphatic carbocycles. The first-order valence-electron chi connectivity index (χ1n) is 27.1. The van der Waals surface area contributed by atoms with Crippen molar-refractivity contribution in [1.82, 2.24) is 48.5 Å². The average molecular weight is 1220 g/mol. The van der Waals surface area contributed by atoms with Gasteiger partial charge < -0.3 is 63.2 Å². The minimum absolute atomic E-state index is 0. The molecule has 0 saturated carbocycles. The number of fused-ring (bicyclic) bond motifs is 2. The molecule has 23 nitrogen and oxygen atoms in total. The number of carboxylic acids is 1. The van der Waals surface area contributed by atoms with E-state index in [1.54, 1.807) is 97.1 Å². The van der Waals surface area contributed by atoms with E-state index in [1.165, 1.54) is 21.5 Å². The first kappa shape index (κ1) is 68.4. The van der Waals surface area contributed by atoms with Crippen LogP contribution in [0, 0.1) is 51.0 Å². The van der Waals surface area contributed by atoms with E-state index in [0.717, 1.165) is 42.8 Å². The van der Waals surface area contributed by atoms with Crippen molar-refractivity contribution < 1.29 is 80.4 Å². The molecule has 6 aromatic heterocycles. The van der Waals surface area contributed by atoms with Crippen molar-refractivity contribution in [2.24, 2.45) is 14.1 Å². The number of carbonyl (C=O) groups is 4. The number of ether oxygens (including phenoxy) is 3. The Hall–Kier alpha value is -8.74. The maximum atomic E-state index is 15.2. The number of methoxy groups -OCH3 is 1. The van der Waals surface area contributed by atoms with E-state index in [4.69, 9.17) is 14.2 Å². The van der Waals surface area contributed by atoms with Crippen molar-refractivity contribution in [1.29, 1.82) is 0 Å². The Kier molecular flexibility index (Phi) is 22.1. The minimum Gasteiger partial charge on any atom is -0.870 e. The molecule has 8 heterocycles. The fourth-order valence-corrected chi connectivity index (χ4v) is 10.4. The van der Waals surface area contributed by atoms with Gasteiger partial charge in [0.1, 0.15) is 69.2 Å². The average Bonchev–Trinajstić information content (AvgIpc) is 3.01. The molecular formula is C60H67F4LiN12O11. The Labute approximate surface area is 514 Å². The van der Waals surface area contributed by atoms with Crippen LogP contribution in [0.4, 0.5) is 28.9 Å². The standard InChI is InChI=1S/C30H32F2N6O5.C29H30F2N6O5.CH4.Li.H2O/c1-16-15-43-11-10-37(16)20-12-22(31)25(23(32)13-20)28(39)35-24(30(41)42-5)14-19-6-7-21(27-33-8-9-38(19)27)26-29(40)36(4)18(3)17(2)34-26;1-15-14-42-10-9-36(15)19-11-21(30)24(22(31)12-19)27(38)34-23(29(40)41)13-18-5-6-20(26-32-7-8-37(18)26)25-28(39)35(4)17(3)16(2)33-25;;;/h6-9,12-13,16,24H,10-11,14-15H2,1-5H3,(H,35,39);5-8,11-12,15,23H,9-10,13-14H2,1-4H3,(H,34,38)(H,40,41);1H4;;1H2/q;;;+1;/p-1/t16-,24-;15-,23-;;;/m00.../s1. The van der Waals surface area contributed by atoms with Crippen LogP contribution < -0.4 is 50.4 Å². The summed E-state index contributed by atoms with van der Waals surface area (Å²) in [5.74, 6) is -8.82. The van der Waals surface area contributed by atoms with Crippen molar-refractivity contribution in [3.8, 4) is 22.5 Å². The first-order chi connectivity index (χ1) is 40.5. The third-order valence-corrected chi connectivity index (χ3v) is 15.5. The summed E-state index contributed by atoms with van der Waals surface area (Å²) in [5, 5.41) is 14.6. The smallest absolute Gasteiger partial charge is 0.870 e. The van der Waals surface area contributed by atoms with E-state index in [0.29, 0.717) is 90.4 Å². The molecule has 2 aliphatic heterocycles. The number of hydrogen-bond acceptors (Lipinski definition) is 16. The van der Waals surface area contributed by atoms with Gasteiger partial charge in [0.15, 0.2) is 0 Å². The molecule has 2 aliphatic rings. The Balaban J connectivity index is 0.000000272. The van der Waals surface area contributed by atoms with Crippen LogP contribution in [0.15, 0.2) is 82.9 Å². The predicted molar refractivity (Wildman–Crippen MR) is 312 cm³/mol. The number of rotatable bonds is 14. The zero-order valence-electron chi connectivity index (χ0n) is 49.4. The van der Waals surface area contributed by atoms with E-state index in [9.17, 15) is 33.9 Å². The Morgan fingerprint density at radius 3 is 1.40 bits per heavy atom. The normalized spacial score (nSPS) is 15.4. The largest absolute Gasteiger partial charge is 1.00 e. The van der Waals surface area contributed by atoms with Crippen LogP contribution in [0.1, 0.15) is 76.2 Å². The molecule has 4 N–H and O–H groups in total. The van der Waals surface area contributed by atoms with E-state index in [1.807, 2.05) is 13.8 Å². The molecule has 462 valence electrons. The maximum Gasteiger partial charge on any atom is 1.00 e. The minimum atomic E-state index is -1.53. The van der Waals surface area contributed by atoms with Gasteiger partial charge in [0.05, 0.1) is 44.9 Å². The van der Waals surface area contributed by atoms with Gasteiger partial charge in [-0.15, -0.1) is 0 Å². The van der Waals surface area contributed by atoms with Gasteiger partial charge in [0, 0.05) is 122 Å². The van der Waals surface area contributed by atoms with Crippen molar-refractivity contribution in [3.63, 3.8) is 0 Å². The van der Waals surface area contributed by atoms with Crippen molar-refractivity contribution in [2.75, 3.05) is 56.4 Å². The topological polar surface area (TPSA) is 281 Å². The summed E-state index contributed by atoms with van der Waals surface area (Å²) in [6.45, 7) is 13.4. The number of carbonyl (C=O) groups excluding carboxylic acids is 3. The number of pyridine rings is 2.